The highest BCUT2D eigenvalue weighted by molar-refractivity contribution is 7.99. The number of hydrogen-bond donors (Lipinski definition) is 2. The van der Waals surface area contributed by atoms with Crippen LogP contribution in [0.4, 0.5) is 5.69 Å². The zero-order valence-corrected chi connectivity index (χ0v) is 8.93. The Bertz CT molecular complexity index is 339. The van der Waals surface area contributed by atoms with E-state index in [1.54, 1.807) is 11.8 Å². The molecule has 0 heterocycles. The molecule has 0 aliphatic rings. The summed E-state index contributed by atoms with van der Waals surface area (Å²) < 4.78 is 0. The molecule has 0 radical (unpaired) electrons. The van der Waals surface area contributed by atoms with Crippen molar-refractivity contribution in [3.05, 3.63) is 23.8 Å². The fourth-order valence-electron chi connectivity index (χ4n) is 1.03. The molecule has 0 saturated carbocycles. The Balaban J connectivity index is 2.57. The van der Waals surface area contributed by atoms with E-state index >= 15 is 0 Å². The Morgan fingerprint density at radius 3 is 2.86 bits per heavy atom. The van der Waals surface area contributed by atoms with Crippen molar-refractivity contribution in [2.75, 3.05) is 11.5 Å². The standard InChI is InChI=1S/C10H14N2OS/c1-7-2-3-8(11)9(6-7)14-5-4-10(12)13/h2-3,6H,4-5,11H2,1H3,(H2,12,13). The van der Waals surface area contributed by atoms with Gasteiger partial charge in [0.2, 0.25) is 5.91 Å². The van der Waals surface area contributed by atoms with Gasteiger partial charge in [-0.15, -0.1) is 11.8 Å². The van der Waals surface area contributed by atoms with E-state index in [0.717, 1.165) is 10.6 Å². The number of benzene rings is 1. The second-order valence-electron chi connectivity index (χ2n) is 3.11. The first-order chi connectivity index (χ1) is 6.59. The SMILES string of the molecule is Cc1ccc(N)c(SCCC(N)=O)c1. The average molecular weight is 210 g/mol. The van der Waals surface area contributed by atoms with Crippen molar-refractivity contribution in [1.82, 2.24) is 0 Å². The molecule has 14 heavy (non-hydrogen) atoms. The third kappa shape index (κ3) is 3.30. The van der Waals surface area contributed by atoms with Crippen LogP contribution in [-0.2, 0) is 4.79 Å². The smallest absolute Gasteiger partial charge is 0.218 e. The third-order valence-corrected chi connectivity index (χ3v) is 2.85. The summed E-state index contributed by atoms with van der Waals surface area (Å²) in [5.41, 5.74) is 12.7. The lowest BCUT2D eigenvalue weighted by molar-refractivity contribution is -0.117. The van der Waals surface area contributed by atoms with Crippen LogP contribution in [0.15, 0.2) is 23.1 Å². The summed E-state index contributed by atoms with van der Waals surface area (Å²) in [5, 5.41) is 0. The van der Waals surface area contributed by atoms with Crippen LogP contribution < -0.4 is 11.5 Å². The summed E-state index contributed by atoms with van der Waals surface area (Å²) in [6, 6.07) is 5.86. The Hall–Kier alpha value is -1.16. The lowest BCUT2D eigenvalue weighted by Gasteiger charge is -2.05. The number of carbonyl (C=O) groups is 1. The first kappa shape index (κ1) is 10.9. The normalized spacial score (nSPS) is 10.1. The molecule has 1 amide bonds. The van der Waals surface area contributed by atoms with Crippen LogP contribution in [0.25, 0.3) is 0 Å². The van der Waals surface area contributed by atoms with Crippen molar-refractivity contribution in [3.8, 4) is 0 Å². The van der Waals surface area contributed by atoms with Gasteiger partial charge in [-0.25, -0.2) is 0 Å². The number of carbonyl (C=O) groups excluding carboxylic acids is 1. The van der Waals surface area contributed by atoms with Crippen LogP contribution in [-0.4, -0.2) is 11.7 Å². The lowest BCUT2D eigenvalue weighted by atomic mass is 10.2. The van der Waals surface area contributed by atoms with Crippen molar-refractivity contribution in [1.29, 1.82) is 0 Å². The zero-order valence-electron chi connectivity index (χ0n) is 8.12. The number of aryl methyl sites for hydroxylation is 1. The molecule has 4 heteroatoms. The van der Waals surface area contributed by atoms with E-state index < -0.39 is 0 Å². The van der Waals surface area contributed by atoms with Crippen molar-refractivity contribution in [2.45, 2.75) is 18.2 Å². The first-order valence-electron chi connectivity index (χ1n) is 4.37. The van der Waals surface area contributed by atoms with Gasteiger partial charge in [0, 0.05) is 22.8 Å². The van der Waals surface area contributed by atoms with E-state index in [0.29, 0.717) is 12.2 Å². The van der Waals surface area contributed by atoms with E-state index in [2.05, 4.69) is 0 Å². The summed E-state index contributed by atoms with van der Waals surface area (Å²) in [4.78, 5) is 11.5. The van der Waals surface area contributed by atoms with E-state index in [-0.39, 0.29) is 5.91 Å². The number of hydrogen-bond acceptors (Lipinski definition) is 3. The van der Waals surface area contributed by atoms with Gasteiger partial charge in [0.15, 0.2) is 0 Å². The van der Waals surface area contributed by atoms with Crippen LogP contribution in [0.5, 0.6) is 0 Å². The van der Waals surface area contributed by atoms with E-state index in [1.807, 2.05) is 25.1 Å². The third-order valence-electron chi connectivity index (χ3n) is 1.78. The van der Waals surface area contributed by atoms with Crippen LogP contribution in [0.2, 0.25) is 0 Å². The van der Waals surface area contributed by atoms with E-state index in [4.69, 9.17) is 11.5 Å². The van der Waals surface area contributed by atoms with Crippen molar-refractivity contribution < 1.29 is 4.79 Å². The molecule has 0 aliphatic heterocycles. The number of rotatable bonds is 4. The molecular formula is C10H14N2OS. The lowest BCUT2D eigenvalue weighted by Crippen LogP contribution is -2.10. The number of anilines is 1. The molecule has 0 bridgehead atoms. The van der Waals surface area contributed by atoms with Crippen LogP contribution in [0.3, 0.4) is 0 Å². The number of primary amides is 1. The quantitative estimate of drug-likeness (QED) is 0.585. The van der Waals surface area contributed by atoms with Crippen molar-refractivity contribution in [2.24, 2.45) is 5.73 Å². The van der Waals surface area contributed by atoms with Gasteiger partial charge < -0.3 is 11.5 Å². The molecule has 1 rings (SSSR count). The Labute approximate surface area is 87.9 Å². The van der Waals surface area contributed by atoms with Gasteiger partial charge in [-0.05, 0) is 24.6 Å². The highest BCUT2D eigenvalue weighted by Crippen LogP contribution is 2.26. The molecular weight excluding hydrogens is 196 g/mol. The summed E-state index contributed by atoms with van der Waals surface area (Å²) in [6.45, 7) is 2.01. The molecule has 0 unspecified atom stereocenters. The van der Waals surface area contributed by atoms with Crippen molar-refractivity contribution in [3.63, 3.8) is 0 Å². The van der Waals surface area contributed by atoms with Gasteiger partial charge in [0.05, 0.1) is 0 Å². The Morgan fingerprint density at radius 2 is 2.21 bits per heavy atom. The number of amides is 1. The van der Waals surface area contributed by atoms with E-state index in [9.17, 15) is 4.79 Å². The fraction of sp³-hybridized carbons (Fsp3) is 0.300. The number of thioether (sulfide) groups is 1. The van der Waals surface area contributed by atoms with Gasteiger partial charge in [-0.2, -0.15) is 0 Å². The van der Waals surface area contributed by atoms with Gasteiger partial charge in [0.25, 0.3) is 0 Å². The molecule has 1 aromatic carbocycles. The monoisotopic (exact) mass is 210 g/mol. The van der Waals surface area contributed by atoms with Crippen LogP contribution in [0.1, 0.15) is 12.0 Å². The minimum atomic E-state index is -0.274. The second kappa shape index (κ2) is 4.91. The largest absolute Gasteiger partial charge is 0.398 e. The highest BCUT2D eigenvalue weighted by atomic mass is 32.2. The predicted octanol–water partition coefficient (Wildman–Crippen LogP) is 1.54. The van der Waals surface area contributed by atoms with Gasteiger partial charge >= 0.3 is 0 Å². The summed E-state index contributed by atoms with van der Waals surface area (Å²) in [5.74, 6) is 0.409. The van der Waals surface area contributed by atoms with Gasteiger partial charge in [0.1, 0.15) is 0 Å². The number of nitrogens with two attached hydrogens (primary N) is 2. The molecule has 1 aromatic rings. The fourth-order valence-corrected chi connectivity index (χ4v) is 2.06. The van der Waals surface area contributed by atoms with Crippen molar-refractivity contribution >= 4 is 23.4 Å². The maximum Gasteiger partial charge on any atom is 0.218 e. The predicted molar refractivity (Wildman–Crippen MR) is 60.1 cm³/mol. The van der Waals surface area contributed by atoms with Crippen LogP contribution >= 0.6 is 11.8 Å². The molecule has 0 aromatic heterocycles. The molecule has 0 fully saturated rings. The van der Waals surface area contributed by atoms with E-state index in [1.165, 1.54) is 5.56 Å². The molecule has 0 spiro atoms. The zero-order chi connectivity index (χ0) is 10.6. The van der Waals surface area contributed by atoms with Crippen LogP contribution in [0, 0.1) is 6.92 Å². The molecule has 3 nitrogen and oxygen atoms in total. The highest BCUT2D eigenvalue weighted by Gasteiger charge is 2.01. The average Bonchev–Trinajstić information content (AvgIpc) is 2.10. The summed E-state index contributed by atoms with van der Waals surface area (Å²) >= 11 is 1.56. The minimum Gasteiger partial charge on any atom is -0.398 e. The number of nitrogen functional groups attached to an aromatic ring is 1. The molecule has 0 saturated heterocycles. The molecule has 76 valence electrons. The molecule has 0 aliphatic carbocycles. The maximum absolute atomic E-state index is 10.5. The minimum absolute atomic E-state index is 0.274. The molecule has 0 atom stereocenters. The van der Waals surface area contributed by atoms with Gasteiger partial charge in [-0.1, -0.05) is 6.07 Å². The Kier molecular flexibility index (Phi) is 3.83. The first-order valence-corrected chi connectivity index (χ1v) is 5.35. The summed E-state index contributed by atoms with van der Waals surface area (Å²) in [6.07, 6.45) is 0.387. The topological polar surface area (TPSA) is 69.1 Å². The summed E-state index contributed by atoms with van der Waals surface area (Å²) in [7, 11) is 0. The molecule has 4 N–H and O–H groups in total. The second-order valence-corrected chi connectivity index (χ2v) is 4.24. The maximum atomic E-state index is 10.5. The van der Waals surface area contributed by atoms with Gasteiger partial charge in [-0.3, -0.25) is 4.79 Å². The Morgan fingerprint density at radius 1 is 1.50 bits per heavy atom.